The van der Waals surface area contributed by atoms with Gasteiger partial charge in [0.05, 0.1) is 11.0 Å². The summed E-state index contributed by atoms with van der Waals surface area (Å²) < 4.78 is 8.87. The predicted octanol–water partition coefficient (Wildman–Crippen LogP) is 11.5. The summed E-state index contributed by atoms with van der Waals surface area (Å²) in [5.74, 6) is 1.81. The third kappa shape index (κ3) is 4.52. The monoisotopic (exact) mass is 640 g/mol. The maximum absolute atomic E-state index is 6.68. The molecule has 0 radical (unpaired) electrons. The van der Waals surface area contributed by atoms with Crippen LogP contribution in [0, 0.1) is 0 Å². The van der Waals surface area contributed by atoms with Crippen molar-refractivity contribution in [3.63, 3.8) is 0 Å². The quantitative estimate of drug-likeness (QED) is 0.188. The zero-order valence-corrected chi connectivity index (χ0v) is 26.9. The van der Waals surface area contributed by atoms with Crippen LogP contribution < -0.4 is 0 Å². The van der Waals surface area contributed by atoms with Crippen molar-refractivity contribution in [3.8, 4) is 51.0 Å². The van der Waals surface area contributed by atoms with E-state index in [0.717, 1.165) is 77.1 Å². The fourth-order valence-corrected chi connectivity index (χ4v) is 7.17. The van der Waals surface area contributed by atoms with Crippen LogP contribution in [0.4, 0.5) is 0 Å². The van der Waals surface area contributed by atoms with Crippen LogP contribution in [0.3, 0.4) is 0 Å². The summed E-state index contributed by atoms with van der Waals surface area (Å²) in [7, 11) is 0. The highest BCUT2D eigenvalue weighted by Crippen LogP contribution is 2.41. The van der Waals surface area contributed by atoms with Gasteiger partial charge in [0.2, 0.25) is 5.95 Å². The van der Waals surface area contributed by atoms with Gasteiger partial charge < -0.3 is 4.42 Å². The number of benzene rings is 7. The number of hydrogen-bond donors (Lipinski definition) is 0. The van der Waals surface area contributed by atoms with Gasteiger partial charge in [-0.05, 0) is 29.3 Å². The van der Waals surface area contributed by atoms with Gasteiger partial charge in [-0.2, -0.15) is 9.97 Å². The minimum atomic E-state index is 0.564. The number of furan rings is 1. The third-order valence-electron chi connectivity index (χ3n) is 9.48. The van der Waals surface area contributed by atoms with Gasteiger partial charge in [0.15, 0.2) is 11.6 Å². The molecule has 0 aliphatic heterocycles. The first-order valence-electron chi connectivity index (χ1n) is 16.7. The van der Waals surface area contributed by atoms with Crippen molar-refractivity contribution in [1.29, 1.82) is 0 Å². The lowest BCUT2D eigenvalue weighted by Gasteiger charge is -2.13. The van der Waals surface area contributed by atoms with Crippen molar-refractivity contribution < 1.29 is 4.42 Å². The van der Waals surface area contributed by atoms with Gasteiger partial charge in [-0.3, -0.25) is 4.57 Å². The molecule has 3 aromatic heterocycles. The average Bonchev–Trinajstić information content (AvgIpc) is 3.74. The van der Waals surface area contributed by atoms with E-state index < -0.39 is 0 Å². The van der Waals surface area contributed by atoms with E-state index in [1.807, 2.05) is 66.7 Å². The number of para-hydroxylation sites is 3. The van der Waals surface area contributed by atoms with Crippen LogP contribution in [0.25, 0.3) is 94.7 Å². The molecule has 10 rings (SSSR count). The molecule has 0 amide bonds. The van der Waals surface area contributed by atoms with Gasteiger partial charge in [-0.25, -0.2) is 4.98 Å². The maximum Gasteiger partial charge on any atom is 0.238 e. The first-order valence-corrected chi connectivity index (χ1v) is 16.7. The lowest BCUT2D eigenvalue weighted by atomic mass is 9.99. The lowest BCUT2D eigenvalue weighted by molar-refractivity contribution is 0.670. The van der Waals surface area contributed by atoms with Crippen LogP contribution in [0.2, 0.25) is 0 Å². The van der Waals surface area contributed by atoms with E-state index in [4.69, 9.17) is 19.4 Å². The molecule has 50 heavy (non-hydrogen) atoms. The number of fused-ring (bicyclic) bond motifs is 6. The van der Waals surface area contributed by atoms with Crippen molar-refractivity contribution in [2.24, 2.45) is 0 Å². The number of aromatic nitrogens is 4. The second-order valence-electron chi connectivity index (χ2n) is 12.4. The van der Waals surface area contributed by atoms with Crippen LogP contribution in [0.1, 0.15) is 0 Å². The molecule has 0 saturated heterocycles. The lowest BCUT2D eigenvalue weighted by Crippen LogP contribution is -2.06. The largest absolute Gasteiger partial charge is 0.455 e. The minimum Gasteiger partial charge on any atom is -0.455 e. The van der Waals surface area contributed by atoms with E-state index >= 15 is 0 Å². The first kappa shape index (κ1) is 28.2. The van der Waals surface area contributed by atoms with Gasteiger partial charge in [-0.1, -0.05) is 152 Å². The highest BCUT2D eigenvalue weighted by Gasteiger charge is 2.21. The molecule has 0 spiro atoms. The Morgan fingerprint density at radius 1 is 0.400 bits per heavy atom. The molecule has 0 fully saturated rings. The molecule has 0 atom stereocenters. The van der Waals surface area contributed by atoms with E-state index in [1.54, 1.807) is 0 Å². The summed E-state index contributed by atoms with van der Waals surface area (Å²) in [5.41, 5.74) is 9.98. The Morgan fingerprint density at radius 2 is 0.980 bits per heavy atom. The Hall–Kier alpha value is -6.85. The van der Waals surface area contributed by atoms with E-state index in [1.165, 1.54) is 0 Å². The zero-order valence-electron chi connectivity index (χ0n) is 26.9. The van der Waals surface area contributed by atoms with Crippen molar-refractivity contribution in [2.75, 3.05) is 0 Å². The molecular formula is C45H28N4O. The van der Waals surface area contributed by atoms with Crippen molar-refractivity contribution in [2.45, 2.75) is 0 Å². The molecule has 0 unspecified atom stereocenters. The van der Waals surface area contributed by atoms with E-state index in [9.17, 15) is 0 Å². The van der Waals surface area contributed by atoms with Gasteiger partial charge in [0.25, 0.3) is 0 Å². The maximum atomic E-state index is 6.68. The third-order valence-corrected chi connectivity index (χ3v) is 9.48. The summed E-state index contributed by atoms with van der Waals surface area (Å²) in [5, 5.41) is 4.45. The van der Waals surface area contributed by atoms with Crippen molar-refractivity contribution >= 4 is 43.7 Å². The summed E-state index contributed by atoms with van der Waals surface area (Å²) in [4.78, 5) is 15.3. The predicted molar refractivity (Wildman–Crippen MR) is 203 cm³/mol. The van der Waals surface area contributed by atoms with E-state index in [-0.39, 0.29) is 0 Å². The highest BCUT2D eigenvalue weighted by molar-refractivity contribution is 6.15. The fraction of sp³-hybridized carbons (Fsp3) is 0. The van der Waals surface area contributed by atoms with Crippen molar-refractivity contribution in [3.05, 3.63) is 170 Å². The zero-order chi connectivity index (χ0) is 33.0. The number of nitrogens with zero attached hydrogens (tertiary/aromatic N) is 4. The molecule has 10 aromatic rings. The van der Waals surface area contributed by atoms with Crippen LogP contribution in [-0.4, -0.2) is 19.5 Å². The minimum absolute atomic E-state index is 0.564. The van der Waals surface area contributed by atoms with Gasteiger partial charge in [0, 0.05) is 43.8 Å². The molecule has 0 saturated carbocycles. The number of rotatable bonds is 5. The topological polar surface area (TPSA) is 56.7 Å². The Balaban J connectivity index is 1.23. The van der Waals surface area contributed by atoms with E-state index in [0.29, 0.717) is 17.6 Å². The van der Waals surface area contributed by atoms with Crippen LogP contribution in [0.15, 0.2) is 174 Å². The molecule has 0 N–H and O–H groups in total. The normalized spacial score (nSPS) is 11.6. The SMILES string of the molecule is c1ccc(-c2nc(-c3ccccc3)nc(-n3c4ccccc4c4cccc(-c5ccc6c(c5)oc5c(-c7ccccc7)cccc56)c43)n2)cc1. The molecule has 3 heterocycles. The first-order chi connectivity index (χ1) is 24.8. The van der Waals surface area contributed by atoms with Gasteiger partial charge in [0.1, 0.15) is 11.2 Å². The second-order valence-corrected chi connectivity index (χ2v) is 12.4. The van der Waals surface area contributed by atoms with Crippen LogP contribution in [-0.2, 0) is 0 Å². The molecule has 0 bridgehead atoms. The fourth-order valence-electron chi connectivity index (χ4n) is 7.17. The standard InChI is InChI=1S/C45H28N4O/c1-4-14-29(15-5-1)34-22-13-24-38-36-27-26-32(28-40(36)50-42(34)38)33-21-12-23-37-35-20-10-11-25-39(35)49(41(33)37)45-47-43(30-16-6-2-7-17-30)46-44(48-45)31-18-8-3-9-19-31/h1-28H. The Morgan fingerprint density at radius 3 is 1.68 bits per heavy atom. The van der Waals surface area contributed by atoms with Crippen molar-refractivity contribution in [1.82, 2.24) is 19.5 Å². The molecule has 5 nitrogen and oxygen atoms in total. The molecule has 5 heteroatoms. The second kappa shape index (κ2) is 11.4. The van der Waals surface area contributed by atoms with E-state index in [2.05, 4.69) is 108 Å². The Bertz CT molecular complexity index is 2800. The summed E-state index contributed by atoms with van der Waals surface area (Å²) >= 11 is 0. The average molecular weight is 641 g/mol. The molecule has 0 aliphatic carbocycles. The van der Waals surface area contributed by atoms with Gasteiger partial charge in [-0.15, -0.1) is 0 Å². The Kier molecular flexibility index (Phi) is 6.42. The van der Waals surface area contributed by atoms with Crippen LogP contribution in [0.5, 0.6) is 0 Å². The smallest absolute Gasteiger partial charge is 0.238 e. The van der Waals surface area contributed by atoms with Crippen LogP contribution >= 0.6 is 0 Å². The Labute approximate surface area is 287 Å². The highest BCUT2D eigenvalue weighted by atomic mass is 16.3. The summed E-state index contributed by atoms with van der Waals surface area (Å²) in [6.45, 7) is 0. The number of hydrogen-bond acceptors (Lipinski definition) is 4. The summed E-state index contributed by atoms with van der Waals surface area (Å²) in [6.07, 6.45) is 0. The summed E-state index contributed by atoms with van der Waals surface area (Å²) in [6, 6.07) is 58.5. The molecule has 0 aliphatic rings. The molecule has 234 valence electrons. The van der Waals surface area contributed by atoms with Gasteiger partial charge >= 0.3 is 0 Å². The molecular weight excluding hydrogens is 613 g/mol. The molecule has 7 aromatic carbocycles.